The van der Waals surface area contributed by atoms with Gasteiger partial charge in [0.05, 0.1) is 5.56 Å². The van der Waals surface area contributed by atoms with Crippen LogP contribution >= 0.6 is 24.8 Å². The van der Waals surface area contributed by atoms with E-state index in [9.17, 15) is 4.79 Å². The molecule has 0 aliphatic heterocycles. The van der Waals surface area contributed by atoms with Crippen molar-refractivity contribution in [1.29, 1.82) is 0 Å². The van der Waals surface area contributed by atoms with Gasteiger partial charge in [-0.1, -0.05) is 12.1 Å². The normalized spacial score (nSPS) is 10.9. The van der Waals surface area contributed by atoms with Crippen molar-refractivity contribution in [2.24, 2.45) is 0 Å². The highest BCUT2D eigenvalue weighted by Gasteiger charge is 2.09. The zero-order valence-corrected chi connectivity index (χ0v) is 16.6. The molecular weight excluding hydrogens is 359 g/mol. The topological polar surface area (TPSA) is 57.3 Å². The lowest BCUT2D eigenvalue weighted by Crippen LogP contribution is -2.37. The lowest BCUT2D eigenvalue weighted by Gasteiger charge is -2.13. The van der Waals surface area contributed by atoms with Crippen molar-refractivity contribution in [3.8, 4) is 11.1 Å². The molecule has 0 bridgehead atoms. The molecule has 0 fully saturated rings. The zero-order valence-electron chi connectivity index (χ0n) is 14.9. The fourth-order valence-corrected chi connectivity index (χ4v) is 2.12. The van der Waals surface area contributed by atoms with E-state index >= 15 is 0 Å². The van der Waals surface area contributed by atoms with Gasteiger partial charge in [-0.05, 0) is 37.7 Å². The molecule has 5 nitrogen and oxygen atoms in total. The van der Waals surface area contributed by atoms with Crippen LogP contribution in [-0.2, 0) is 0 Å². The van der Waals surface area contributed by atoms with Gasteiger partial charge in [-0.25, -0.2) is 0 Å². The van der Waals surface area contributed by atoms with Crippen LogP contribution in [0.25, 0.3) is 11.1 Å². The van der Waals surface area contributed by atoms with Crippen molar-refractivity contribution >= 4 is 36.4 Å². The van der Waals surface area contributed by atoms with Gasteiger partial charge >= 0.3 is 0 Å². The van der Waals surface area contributed by atoms with Gasteiger partial charge in [0.25, 0.3) is 5.91 Å². The second-order valence-electron chi connectivity index (χ2n) is 5.80. The van der Waals surface area contributed by atoms with Crippen LogP contribution < -0.4 is 15.5 Å². The second-order valence-corrected chi connectivity index (χ2v) is 5.80. The number of halogens is 2. The smallest absolute Gasteiger partial charge is 0.252 e. The number of likely N-dealkylation sites (N-methyl/N-ethyl adjacent to an activating group) is 1. The van der Waals surface area contributed by atoms with Gasteiger partial charge in [-0.15, -0.1) is 24.8 Å². The summed E-state index contributed by atoms with van der Waals surface area (Å²) in [6, 6.07) is 10.3. The Kier molecular flexibility index (Phi) is 10.1. The van der Waals surface area contributed by atoms with E-state index in [2.05, 4.69) is 32.7 Å². The Labute approximate surface area is 162 Å². The quantitative estimate of drug-likeness (QED) is 0.803. The van der Waals surface area contributed by atoms with Crippen LogP contribution in [0.4, 0.5) is 5.69 Å². The monoisotopic (exact) mass is 384 g/mol. The molecule has 0 saturated heterocycles. The van der Waals surface area contributed by atoms with Crippen LogP contribution in [0.2, 0.25) is 0 Å². The van der Waals surface area contributed by atoms with Crippen molar-refractivity contribution < 1.29 is 4.79 Å². The van der Waals surface area contributed by atoms with Crippen LogP contribution in [0.3, 0.4) is 0 Å². The Morgan fingerprint density at radius 1 is 1.12 bits per heavy atom. The minimum Gasteiger partial charge on any atom is -0.378 e. The molecule has 0 radical (unpaired) electrons. The number of aromatic nitrogens is 1. The SMILES string of the molecule is CNC(C)CNC(=O)c1cncc(-c2ccc(N(C)C)cc2)c1.Cl.Cl. The van der Waals surface area contributed by atoms with Crippen LogP contribution in [0, 0.1) is 0 Å². The first-order valence-electron chi connectivity index (χ1n) is 7.69. The Morgan fingerprint density at radius 3 is 2.32 bits per heavy atom. The number of rotatable bonds is 6. The molecule has 2 rings (SSSR count). The number of hydrogen-bond donors (Lipinski definition) is 2. The fourth-order valence-electron chi connectivity index (χ4n) is 2.12. The van der Waals surface area contributed by atoms with Gasteiger partial charge in [0, 0.05) is 50.3 Å². The van der Waals surface area contributed by atoms with E-state index in [-0.39, 0.29) is 36.8 Å². The zero-order chi connectivity index (χ0) is 16.8. The number of pyridine rings is 1. The predicted molar refractivity (Wildman–Crippen MR) is 109 cm³/mol. The number of hydrogen-bond acceptors (Lipinski definition) is 4. The summed E-state index contributed by atoms with van der Waals surface area (Å²) in [6.45, 7) is 2.60. The molecular formula is C18H26Cl2N4O. The van der Waals surface area contributed by atoms with Crippen LogP contribution in [0.15, 0.2) is 42.7 Å². The number of nitrogens with zero attached hydrogens (tertiary/aromatic N) is 2. The molecule has 0 aliphatic carbocycles. The second kappa shape index (κ2) is 10.9. The summed E-state index contributed by atoms with van der Waals surface area (Å²) in [6.07, 6.45) is 3.37. The van der Waals surface area contributed by atoms with Crippen LogP contribution in [0.5, 0.6) is 0 Å². The maximum Gasteiger partial charge on any atom is 0.252 e. The average Bonchev–Trinajstić information content (AvgIpc) is 2.59. The molecule has 2 aromatic rings. The summed E-state index contributed by atoms with van der Waals surface area (Å²) in [5, 5.41) is 5.99. The fraction of sp³-hybridized carbons (Fsp3) is 0.333. The lowest BCUT2D eigenvalue weighted by molar-refractivity contribution is 0.0950. The molecule has 1 amide bonds. The molecule has 25 heavy (non-hydrogen) atoms. The number of anilines is 1. The molecule has 0 spiro atoms. The summed E-state index contributed by atoms with van der Waals surface area (Å²) in [5.41, 5.74) is 3.69. The average molecular weight is 385 g/mol. The molecule has 1 unspecified atom stereocenters. The molecule has 1 heterocycles. The third kappa shape index (κ3) is 6.53. The number of carbonyl (C=O) groups is 1. The van der Waals surface area contributed by atoms with Crippen molar-refractivity contribution in [3.63, 3.8) is 0 Å². The van der Waals surface area contributed by atoms with Gasteiger partial charge < -0.3 is 15.5 Å². The van der Waals surface area contributed by atoms with E-state index < -0.39 is 0 Å². The largest absolute Gasteiger partial charge is 0.378 e. The highest BCUT2D eigenvalue weighted by Crippen LogP contribution is 2.22. The number of benzene rings is 1. The van der Waals surface area contributed by atoms with Gasteiger partial charge in [0.1, 0.15) is 0 Å². The van der Waals surface area contributed by atoms with Gasteiger partial charge in [-0.3, -0.25) is 9.78 Å². The van der Waals surface area contributed by atoms with E-state index in [1.807, 2.05) is 46.3 Å². The Balaban J connectivity index is 0.00000288. The lowest BCUT2D eigenvalue weighted by atomic mass is 10.1. The molecule has 0 aliphatic rings. The molecule has 138 valence electrons. The Morgan fingerprint density at radius 2 is 1.76 bits per heavy atom. The maximum absolute atomic E-state index is 12.2. The first kappa shape index (κ1) is 23.2. The standard InChI is InChI=1S/C18H24N4O.2ClH/c1-13(19-2)10-21-18(23)16-9-15(11-20-12-16)14-5-7-17(8-6-14)22(3)4;;/h5-9,11-13,19H,10H2,1-4H3,(H,21,23);2*1H. The van der Waals surface area contributed by atoms with Crippen LogP contribution in [0.1, 0.15) is 17.3 Å². The van der Waals surface area contributed by atoms with E-state index in [0.717, 1.165) is 16.8 Å². The van der Waals surface area contributed by atoms with E-state index in [1.54, 1.807) is 12.4 Å². The highest BCUT2D eigenvalue weighted by atomic mass is 35.5. The minimum absolute atomic E-state index is 0. The summed E-state index contributed by atoms with van der Waals surface area (Å²) < 4.78 is 0. The van der Waals surface area contributed by atoms with Crippen molar-refractivity contribution in [1.82, 2.24) is 15.6 Å². The first-order valence-corrected chi connectivity index (χ1v) is 7.69. The molecule has 0 saturated carbocycles. The molecule has 2 N–H and O–H groups in total. The summed E-state index contributed by atoms with van der Waals surface area (Å²) >= 11 is 0. The van der Waals surface area contributed by atoms with Crippen molar-refractivity contribution in [2.45, 2.75) is 13.0 Å². The van der Waals surface area contributed by atoms with E-state index in [0.29, 0.717) is 12.1 Å². The highest BCUT2D eigenvalue weighted by molar-refractivity contribution is 5.95. The van der Waals surface area contributed by atoms with Crippen molar-refractivity contribution in [2.75, 3.05) is 32.6 Å². The minimum atomic E-state index is -0.105. The summed E-state index contributed by atoms with van der Waals surface area (Å²) in [5.74, 6) is -0.105. The summed E-state index contributed by atoms with van der Waals surface area (Å²) in [4.78, 5) is 18.5. The van der Waals surface area contributed by atoms with Gasteiger partial charge in [0.2, 0.25) is 0 Å². The van der Waals surface area contributed by atoms with E-state index in [4.69, 9.17) is 0 Å². The Hall–Kier alpha value is -1.82. The van der Waals surface area contributed by atoms with Gasteiger partial charge in [-0.2, -0.15) is 0 Å². The van der Waals surface area contributed by atoms with Gasteiger partial charge in [0.15, 0.2) is 0 Å². The van der Waals surface area contributed by atoms with Crippen LogP contribution in [-0.4, -0.2) is 44.6 Å². The number of amides is 1. The molecule has 1 aromatic carbocycles. The predicted octanol–water partition coefficient (Wildman–Crippen LogP) is 3.00. The third-order valence-corrected chi connectivity index (χ3v) is 3.78. The van der Waals surface area contributed by atoms with E-state index in [1.165, 1.54) is 0 Å². The summed E-state index contributed by atoms with van der Waals surface area (Å²) in [7, 11) is 5.89. The first-order chi connectivity index (χ1) is 11.0. The molecule has 1 aromatic heterocycles. The molecule has 7 heteroatoms. The number of nitrogens with one attached hydrogen (secondary N) is 2. The third-order valence-electron chi connectivity index (χ3n) is 3.78. The van der Waals surface area contributed by atoms with Crippen molar-refractivity contribution in [3.05, 3.63) is 48.3 Å². The molecule has 1 atom stereocenters. The number of carbonyl (C=O) groups excluding carboxylic acids is 1. The Bertz CT molecular complexity index is 662. The maximum atomic E-state index is 12.2.